The van der Waals surface area contributed by atoms with Gasteiger partial charge in [-0.1, -0.05) is 6.07 Å². The van der Waals surface area contributed by atoms with Crippen molar-refractivity contribution in [3.63, 3.8) is 0 Å². The third kappa shape index (κ3) is 3.42. The normalized spacial score (nSPS) is 18.2. The lowest BCUT2D eigenvalue weighted by molar-refractivity contribution is 0.430. The molecule has 1 aliphatic heterocycles. The van der Waals surface area contributed by atoms with E-state index in [1.807, 2.05) is 0 Å². The molecule has 0 unspecified atom stereocenters. The highest BCUT2D eigenvalue weighted by Gasteiger charge is 2.28. The lowest BCUT2D eigenvalue weighted by atomic mass is 10.2. The molecule has 3 nitrogen and oxygen atoms in total. The van der Waals surface area contributed by atoms with E-state index in [-0.39, 0.29) is 10.8 Å². The zero-order chi connectivity index (χ0) is 13.9. The number of benzene rings is 1. The summed E-state index contributed by atoms with van der Waals surface area (Å²) >= 11 is 7.40. The number of sulfonamides is 1. The maximum Gasteiger partial charge on any atom is 0.246 e. The van der Waals surface area contributed by atoms with E-state index < -0.39 is 15.8 Å². The van der Waals surface area contributed by atoms with E-state index >= 15 is 0 Å². The third-order valence-electron chi connectivity index (χ3n) is 2.95. The molecule has 1 fully saturated rings. The number of rotatable bonds is 3. The summed E-state index contributed by atoms with van der Waals surface area (Å²) in [5.41, 5.74) is 0.603. The number of alkyl halides is 1. The van der Waals surface area contributed by atoms with Gasteiger partial charge in [0.05, 0.1) is 0 Å². The second kappa shape index (κ2) is 6.43. The molecule has 1 heterocycles. The summed E-state index contributed by atoms with van der Waals surface area (Å²) < 4.78 is 40.1. The molecular formula is C12H15ClFNO2S2. The largest absolute Gasteiger partial charge is 0.246 e. The van der Waals surface area contributed by atoms with Gasteiger partial charge in [0.2, 0.25) is 10.0 Å². The fraction of sp³-hybridized carbons (Fsp3) is 0.500. The van der Waals surface area contributed by atoms with Gasteiger partial charge in [-0.3, -0.25) is 0 Å². The Morgan fingerprint density at radius 2 is 2.11 bits per heavy atom. The maximum atomic E-state index is 13.8. The first kappa shape index (κ1) is 15.1. The fourth-order valence-electron chi connectivity index (χ4n) is 1.93. The van der Waals surface area contributed by atoms with Gasteiger partial charge < -0.3 is 0 Å². The zero-order valence-electron chi connectivity index (χ0n) is 10.3. The van der Waals surface area contributed by atoms with Crippen LogP contribution >= 0.6 is 23.4 Å². The molecule has 0 aliphatic carbocycles. The lowest BCUT2D eigenvalue weighted by Crippen LogP contribution is -2.33. The first-order valence-electron chi connectivity index (χ1n) is 5.98. The minimum Gasteiger partial charge on any atom is -0.207 e. The van der Waals surface area contributed by atoms with Crippen LogP contribution in [0.4, 0.5) is 4.39 Å². The second-order valence-corrected chi connectivity index (χ2v) is 7.67. The fourth-order valence-corrected chi connectivity index (χ4v) is 4.69. The van der Waals surface area contributed by atoms with Gasteiger partial charge in [0.15, 0.2) is 0 Å². The summed E-state index contributed by atoms with van der Waals surface area (Å²) in [7, 11) is -3.76. The van der Waals surface area contributed by atoms with Gasteiger partial charge in [0, 0.05) is 24.7 Å². The van der Waals surface area contributed by atoms with Crippen LogP contribution in [-0.4, -0.2) is 37.3 Å². The Hall–Kier alpha value is -0.300. The van der Waals surface area contributed by atoms with E-state index in [4.69, 9.17) is 11.6 Å². The van der Waals surface area contributed by atoms with Crippen molar-refractivity contribution in [3.8, 4) is 0 Å². The smallest absolute Gasteiger partial charge is 0.207 e. The summed E-state index contributed by atoms with van der Waals surface area (Å²) in [6.45, 7) is 0.872. The van der Waals surface area contributed by atoms with Crippen LogP contribution in [0.5, 0.6) is 0 Å². The molecule has 7 heteroatoms. The van der Waals surface area contributed by atoms with Crippen molar-refractivity contribution in [2.75, 3.05) is 24.6 Å². The van der Waals surface area contributed by atoms with Gasteiger partial charge in [-0.15, -0.1) is 11.6 Å². The minimum absolute atomic E-state index is 0.165. The Labute approximate surface area is 122 Å². The van der Waals surface area contributed by atoms with E-state index in [1.54, 1.807) is 11.8 Å². The van der Waals surface area contributed by atoms with E-state index in [9.17, 15) is 12.8 Å². The number of thioether (sulfide) groups is 1. The Morgan fingerprint density at radius 1 is 1.32 bits per heavy atom. The van der Waals surface area contributed by atoms with Gasteiger partial charge in [-0.2, -0.15) is 16.1 Å². The molecule has 1 aromatic rings. The Balaban J connectivity index is 2.37. The van der Waals surface area contributed by atoms with Gasteiger partial charge >= 0.3 is 0 Å². The standard InChI is InChI=1S/C12H15ClFNO2S2/c13-9-10-2-3-11(14)12(8-10)19(16,17)15-4-1-6-18-7-5-15/h2-3,8H,1,4-7,9H2. The molecule has 0 aromatic heterocycles. The Kier molecular flexibility index (Phi) is 5.11. The highest BCUT2D eigenvalue weighted by atomic mass is 35.5. The van der Waals surface area contributed by atoms with Gasteiger partial charge in [0.1, 0.15) is 10.7 Å². The summed E-state index contributed by atoms with van der Waals surface area (Å²) in [4.78, 5) is -0.266. The van der Waals surface area contributed by atoms with Crippen LogP contribution in [0.3, 0.4) is 0 Å². The van der Waals surface area contributed by atoms with Gasteiger partial charge in [-0.25, -0.2) is 12.8 Å². The molecule has 0 N–H and O–H groups in total. The summed E-state index contributed by atoms with van der Waals surface area (Å²) in [6, 6.07) is 3.99. The van der Waals surface area contributed by atoms with E-state index in [0.717, 1.165) is 24.0 Å². The van der Waals surface area contributed by atoms with Crippen molar-refractivity contribution in [2.45, 2.75) is 17.2 Å². The van der Waals surface area contributed by atoms with Crippen LogP contribution < -0.4 is 0 Å². The van der Waals surface area contributed by atoms with Gasteiger partial charge in [0.25, 0.3) is 0 Å². The quantitative estimate of drug-likeness (QED) is 0.803. The van der Waals surface area contributed by atoms with Crippen molar-refractivity contribution in [1.82, 2.24) is 4.31 Å². The SMILES string of the molecule is O=S(=O)(c1cc(CCl)ccc1F)N1CCCSCC1. The van der Waals surface area contributed by atoms with Gasteiger partial charge in [-0.05, 0) is 29.9 Å². The van der Waals surface area contributed by atoms with Crippen molar-refractivity contribution < 1.29 is 12.8 Å². The van der Waals surface area contributed by atoms with Crippen molar-refractivity contribution in [1.29, 1.82) is 0 Å². The van der Waals surface area contributed by atoms with E-state index in [1.165, 1.54) is 16.4 Å². The maximum absolute atomic E-state index is 13.8. The first-order chi connectivity index (χ1) is 9.05. The molecule has 0 spiro atoms. The van der Waals surface area contributed by atoms with Crippen LogP contribution in [-0.2, 0) is 15.9 Å². The monoisotopic (exact) mass is 323 g/mol. The number of hydrogen-bond acceptors (Lipinski definition) is 3. The van der Waals surface area contributed by atoms with E-state index in [2.05, 4.69) is 0 Å². The number of halogens is 2. The van der Waals surface area contributed by atoms with Crippen molar-refractivity contribution in [3.05, 3.63) is 29.6 Å². The highest BCUT2D eigenvalue weighted by Crippen LogP contribution is 2.23. The number of nitrogens with zero attached hydrogens (tertiary/aromatic N) is 1. The molecular weight excluding hydrogens is 309 g/mol. The highest BCUT2D eigenvalue weighted by molar-refractivity contribution is 7.99. The second-order valence-electron chi connectivity index (χ2n) is 4.27. The summed E-state index contributed by atoms with van der Waals surface area (Å²) in [6.07, 6.45) is 0.792. The van der Waals surface area contributed by atoms with Crippen LogP contribution in [0.25, 0.3) is 0 Å². The van der Waals surface area contributed by atoms with E-state index in [0.29, 0.717) is 18.7 Å². The molecule has 0 saturated carbocycles. The van der Waals surface area contributed by atoms with Crippen molar-refractivity contribution >= 4 is 33.4 Å². The molecule has 19 heavy (non-hydrogen) atoms. The molecule has 0 atom stereocenters. The molecule has 0 bridgehead atoms. The summed E-state index contributed by atoms with van der Waals surface area (Å²) in [5.74, 6) is 1.14. The van der Waals surface area contributed by atoms with Crippen LogP contribution in [0, 0.1) is 5.82 Å². The topological polar surface area (TPSA) is 37.4 Å². The average Bonchev–Trinajstić information content (AvgIpc) is 2.68. The molecule has 1 aromatic carbocycles. The Morgan fingerprint density at radius 3 is 2.84 bits per heavy atom. The lowest BCUT2D eigenvalue weighted by Gasteiger charge is -2.20. The molecule has 2 rings (SSSR count). The van der Waals surface area contributed by atoms with Crippen LogP contribution in [0.1, 0.15) is 12.0 Å². The Bertz CT molecular complexity index is 543. The first-order valence-corrected chi connectivity index (χ1v) is 9.11. The molecule has 106 valence electrons. The molecule has 1 aliphatic rings. The number of hydrogen-bond donors (Lipinski definition) is 0. The molecule has 1 saturated heterocycles. The zero-order valence-corrected chi connectivity index (χ0v) is 12.7. The summed E-state index contributed by atoms with van der Waals surface area (Å²) in [5, 5.41) is 0. The molecule has 0 radical (unpaired) electrons. The van der Waals surface area contributed by atoms with Crippen molar-refractivity contribution in [2.24, 2.45) is 0 Å². The molecule has 0 amide bonds. The predicted molar refractivity (Wildman–Crippen MR) is 76.7 cm³/mol. The minimum atomic E-state index is -3.76. The van der Waals surface area contributed by atoms with Crippen LogP contribution in [0.2, 0.25) is 0 Å². The average molecular weight is 324 g/mol. The third-order valence-corrected chi connectivity index (χ3v) is 6.22. The van der Waals surface area contributed by atoms with Crippen LogP contribution in [0.15, 0.2) is 23.1 Å². The predicted octanol–water partition coefficient (Wildman–Crippen LogP) is 2.69.